The molecule has 0 spiro atoms. The van der Waals surface area contributed by atoms with Crippen LogP contribution >= 0.6 is 15.9 Å². The van der Waals surface area contributed by atoms with E-state index in [4.69, 9.17) is 5.73 Å². The maximum atomic E-state index is 5.70. The number of benzene rings is 2. The molecule has 4 nitrogen and oxygen atoms in total. The Hall–Kier alpha value is -1.72. The summed E-state index contributed by atoms with van der Waals surface area (Å²) in [5.41, 5.74) is 6.76. The average Bonchev–Trinajstić information content (AvgIpc) is 2.89. The van der Waals surface area contributed by atoms with Crippen LogP contribution in [0, 0.1) is 0 Å². The lowest BCUT2D eigenvalue weighted by molar-refractivity contribution is 0.704. The summed E-state index contributed by atoms with van der Waals surface area (Å²) in [6.07, 6.45) is 0. The minimum atomic E-state index is 0.404. The first-order chi connectivity index (χ1) is 9.72. The van der Waals surface area contributed by atoms with Crippen LogP contribution in [0.4, 0.5) is 0 Å². The molecule has 5 heteroatoms. The molecule has 2 N–H and O–H groups in total. The molecular weight excluding hydrogens is 316 g/mol. The van der Waals surface area contributed by atoms with Crippen LogP contribution < -0.4 is 5.73 Å². The predicted octanol–water partition coefficient (Wildman–Crippen LogP) is 3.34. The van der Waals surface area contributed by atoms with E-state index in [1.54, 1.807) is 0 Å². The third-order valence-electron chi connectivity index (χ3n) is 3.39. The first kappa shape index (κ1) is 13.3. The Morgan fingerprint density at radius 3 is 2.60 bits per heavy atom. The molecule has 0 saturated carbocycles. The van der Waals surface area contributed by atoms with E-state index in [2.05, 4.69) is 67.9 Å². The summed E-state index contributed by atoms with van der Waals surface area (Å²) in [6.45, 7) is 3.29. The Kier molecular flexibility index (Phi) is 3.54. The van der Waals surface area contributed by atoms with Crippen molar-refractivity contribution in [3.05, 3.63) is 46.7 Å². The van der Waals surface area contributed by atoms with Crippen LogP contribution in [0.1, 0.15) is 12.7 Å². The van der Waals surface area contributed by atoms with E-state index < -0.39 is 0 Å². The summed E-state index contributed by atoms with van der Waals surface area (Å²) in [4.78, 5) is 0. The Bertz CT molecular complexity index is 764. The highest BCUT2D eigenvalue weighted by molar-refractivity contribution is 9.10. The van der Waals surface area contributed by atoms with Gasteiger partial charge in [0.15, 0.2) is 5.82 Å². The molecule has 0 bridgehead atoms. The normalized spacial score (nSPS) is 11.2. The van der Waals surface area contributed by atoms with Crippen LogP contribution in [0.25, 0.3) is 22.2 Å². The van der Waals surface area contributed by atoms with Crippen LogP contribution in [-0.4, -0.2) is 14.8 Å². The quantitative estimate of drug-likeness (QED) is 0.801. The smallest absolute Gasteiger partial charge is 0.164 e. The molecule has 20 heavy (non-hydrogen) atoms. The minimum absolute atomic E-state index is 0.404. The third-order valence-corrected chi connectivity index (χ3v) is 3.88. The molecule has 3 rings (SSSR count). The standard InChI is InChI=1S/C15H15BrN4/c1-2-20-14(9-17)18-19-15(20)12-4-3-11-8-13(16)6-5-10(11)7-12/h3-8H,2,9,17H2,1H3. The Labute approximate surface area is 125 Å². The first-order valence-corrected chi connectivity index (χ1v) is 7.34. The molecule has 0 atom stereocenters. The van der Waals surface area contributed by atoms with E-state index in [9.17, 15) is 0 Å². The zero-order valence-corrected chi connectivity index (χ0v) is 12.8. The summed E-state index contributed by atoms with van der Waals surface area (Å²) < 4.78 is 3.14. The highest BCUT2D eigenvalue weighted by Crippen LogP contribution is 2.26. The van der Waals surface area contributed by atoms with Crippen molar-refractivity contribution in [3.63, 3.8) is 0 Å². The fourth-order valence-electron chi connectivity index (χ4n) is 2.39. The fourth-order valence-corrected chi connectivity index (χ4v) is 2.77. The number of nitrogens with two attached hydrogens (primary N) is 1. The first-order valence-electron chi connectivity index (χ1n) is 6.54. The second-order valence-corrected chi connectivity index (χ2v) is 5.51. The van der Waals surface area contributed by atoms with Gasteiger partial charge >= 0.3 is 0 Å². The lowest BCUT2D eigenvalue weighted by Crippen LogP contribution is -2.08. The molecule has 1 aromatic heterocycles. The molecule has 3 aromatic rings. The van der Waals surface area contributed by atoms with Gasteiger partial charge in [0.05, 0.1) is 6.54 Å². The topological polar surface area (TPSA) is 56.7 Å². The van der Waals surface area contributed by atoms with E-state index >= 15 is 0 Å². The molecule has 0 radical (unpaired) electrons. The van der Waals surface area contributed by atoms with Gasteiger partial charge < -0.3 is 10.3 Å². The van der Waals surface area contributed by atoms with Crippen molar-refractivity contribution in [2.45, 2.75) is 20.0 Å². The number of nitrogens with zero attached hydrogens (tertiary/aromatic N) is 3. The largest absolute Gasteiger partial charge is 0.324 e. The van der Waals surface area contributed by atoms with Gasteiger partial charge in [0.2, 0.25) is 0 Å². The molecule has 0 saturated heterocycles. The predicted molar refractivity (Wildman–Crippen MR) is 84.2 cm³/mol. The van der Waals surface area contributed by atoms with Gasteiger partial charge in [-0.2, -0.15) is 0 Å². The van der Waals surface area contributed by atoms with Crippen molar-refractivity contribution in [1.82, 2.24) is 14.8 Å². The number of fused-ring (bicyclic) bond motifs is 1. The number of hydrogen-bond donors (Lipinski definition) is 1. The van der Waals surface area contributed by atoms with Crippen molar-refractivity contribution in [1.29, 1.82) is 0 Å². The van der Waals surface area contributed by atoms with Crippen LogP contribution in [0.3, 0.4) is 0 Å². The van der Waals surface area contributed by atoms with Crippen molar-refractivity contribution in [3.8, 4) is 11.4 Å². The lowest BCUT2D eigenvalue weighted by atomic mass is 10.1. The van der Waals surface area contributed by atoms with E-state index in [0.29, 0.717) is 6.54 Å². The molecular formula is C15H15BrN4. The molecule has 2 aromatic carbocycles. The molecule has 102 valence electrons. The molecule has 0 aliphatic rings. The Morgan fingerprint density at radius 2 is 1.85 bits per heavy atom. The van der Waals surface area contributed by atoms with Crippen LogP contribution in [0.2, 0.25) is 0 Å². The second kappa shape index (κ2) is 5.34. The molecule has 0 fully saturated rings. The van der Waals surface area contributed by atoms with E-state index in [0.717, 1.165) is 28.2 Å². The van der Waals surface area contributed by atoms with Gasteiger partial charge in [0.25, 0.3) is 0 Å². The lowest BCUT2D eigenvalue weighted by Gasteiger charge is -2.07. The van der Waals surface area contributed by atoms with E-state index in [1.165, 1.54) is 10.8 Å². The maximum absolute atomic E-state index is 5.70. The van der Waals surface area contributed by atoms with Crippen molar-refractivity contribution < 1.29 is 0 Å². The van der Waals surface area contributed by atoms with Gasteiger partial charge in [-0.3, -0.25) is 0 Å². The summed E-state index contributed by atoms with van der Waals surface area (Å²) in [5, 5.41) is 10.8. The number of halogens is 1. The van der Waals surface area contributed by atoms with Crippen LogP contribution in [0.15, 0.2) is 40.9 Å². The molecule has 1 heterocycles. The van der Waals surface area contributed by atoms with Crippen molar-refractivity contribution >= 4 is 26.7 Å². The molecule has 0 amide bonds. The summed E-state index contributed by atoms with van der Waals surface area (Å²) in [5.74, 6) is 1.69. The Morgan fingerprint density at radius 1 is 1.10 bits per heavy atom. The second-order valence-electron chi connectivity index (χ2n) is 4.59. The van der Waals surface area contributed by atoms with Gasteiger partial charge in [-0.25, -0.2) is 0 Å². The summed E-state index contributed by atoms with van der Waals surface area (Å²) in [6, 6.07) is 12.6. The highest BCUT2D eigenvalue weighted by atomic mass is 79.9. The van der Waals surface area contributed by atoms with Crippen LogP contribution in [0.5, 0.6) is 0 Å². The number of hydrogen-bond acceptors (Lipinski definition) is 3. The van der Waals surface area contributed by atoms with E-state index in [1.807, 2.05) is 6.07 Å². The van der Waals surface area contributed by atoms with Gasteiger partial charge in [-0.05, 0) is 35.9 Å². The van der Waals surface area contributed by atoms with E-state index in [-0.39, 0.29) is 0 Å². The monoisotopic (exact) mass is 330 g/mol. The van der Waals surface area contributed by atoms with Gasteiger partial charge in [-0.1, -0.05) is 34.1 Å². The zero-order chi connectivity index (χ0) is 14.1. The number of aromatic nitrogens is 3. The highest BCUT2D eigenvalue weighted by Gasteiger charge is 2.11. The fraction of sp³-hybridized carbons (Fsp3) is 0.200. The van der Waals surface area contributed by atoms with Crippen molar-refractivity contribution in [2.24, 2.45) is 5.73 Å². The molecule has 0 aliphatic heterocycles. The number of rotatable bonds is 3. The van der Waals surface area contributed by atoms with Crippen molar-refractivity contribution in [2.75, 3.05) is 0 Å². The average molecular weight is 331 g/mol. The summed E-state index contributed by atoms with van der Waals surface area (Å²) >= 11 is 3.49. The van der Waals surface area contributed by atoms with Gasteiger partial charge in [0.1, 0.15) is 5.82 Å². The third kappa shape index (κ3) is 2.23. The van der Waals surface area contributed by atoms with Crippen LogP contribution in [-0.2, 0) is 13.1 Å². The maximum Gasteiger partial charge on any atom is 0.164 e. The minimum Gasteiger partial charge on any atom is -0.324 e. The van der Waals surface area contributed by atoms with Gasteiger partial charge in [-0.15, -0.1) is 10.2 Å². The molecule has 0 unspecified atom stereocenters. The summed E-state index contributed by atoms with van der Waals surface area (Å²) in [7, 11) is 0. The Balaban J connectivity index is 2.15. The SMILES string of the molecule is CCn1c(CN)nnc1-c1ccc2cc(Br)ccc2c1. The molecule has 0 aliphatic carbocycles. The zero-order valence-electron chi connectivity index (χ0n) is 11.2. The van der Waals surface area contributed by atoms with Gasteiger partial charge in [0, 0.05) is 16.6 Å².